The quantitative estimate of drug-likeness (QED) is 0.582. The number of rotatable bonds is 4. The second kappa shape index (κ2) is 6.83. The Hall–Kier alpha value is -3.81. The molecule has 1 amide bonds. The fraction of sp³-hybridized carbons (Fsp3) is 0.0526. The van der Waals surface area contributed by atoms with Crippen LogP contribution in [-0.2, 0) is 11.2 Å². The molecule has 0 radical (unpaired) electrons. The van der Waals surface area contributed by atoms with Crippen LogP contribution < -0.4 is 5.32 Å². The summed E-state index contributed by atoms with van der Waals surface area (Å²) < 4.78 is 14.9. The summed E-state index contributed by atoms with van der Waals surface area (Å²) in [6.07, 6.45) is 4.60. The van der Waals surface area contributed by atoms with Gasteiger partial charge in [-0.3, -0.25) is 14.2 Å². The SMILES string of the molecule is O=C(Cc1cncc(O)c1)Nc1ccc2nnc(-c3ccc(F)cc3)n2c1. The van der Waals surface area contributed by atoms with Crippen molar-refractivity contribution in [1.29, 1.82) is 0 Å². The molecule has 0 aliphatic rings. The lowest BCUT2D eigenvalue weighted by atomic mass is 10.2. The van der Waals surface area contributed by atoms with Crippen LogP contribution in [0.1, 0.15) is 5.56 Å². The summed E-state index contributed by atoms with van der Waals surface area (Å²) in [6, 6.07) is 10.9. The Balaban J connectivity index is 1.58. The number of hydrogen-bond acceptors (Lipinski definition) is 5. The van der Waals surface area contributed by atoms with Crippen LogP contribution in [0.15, 0.2) is 61.1 Å². The minimum absolute atomic E-state index is 0.00940. The first-order valence-electron chi connectivity index (χ1n) is 8.12. The van der Waals surface area contributed by atoms with E-state index in [9.17, 15) is 14.3 Å². The average molecular weight is 363 g/mol. The number of pyridine rings is 2. The number of halogens is 1. The molecule has 0 aliphatic heterocycles. The number of carbonyl (C=O) groups is 1. The van der Waals surface area contributed by atoms with E-state index in [1.54, 1.807) is 34.9 Å². The lowest BCUT2D eigenvalue weighted by Gasteiger charge is -2.07. The third kappa shape index (κ3) is 3.59. The van der Waals surface area contributed by atoms with E-state index >= 15 is 0 Å². The molecule has 3 heterocycles. The summed E-state index contributed by atoms with van der Waals surface area (Å²) >= 11 is 0. The minimum atomic E-state index is -0.332. The summed E-state index contributed by atoms with van der Waals surface area (Å²) in [5, 5.41) is 20.4. The van der Waals surface area contributed by atoms with E-state index in [2.05, 4.69) is 20.5 Å². The van der Waals surface area contributed by atoms with Gasteiger partial charge in [-0.25, -0.2) is 4.39 Å². The van der Waals surface area contributed by atoms with Gasteiger partial charge in [0.15, 0.2) is 11.5 Å². The van der Waals surface area contributed by atoms with Crippen LogP contribution in [0.5, 0.6) is 5.75 Å². The van der Waals surface area contributed by atoms with E-state index in [0.29, 0.717) is 28.3 Å². The molecule has 0 saturated heterocycles. The van der Waals surface area contributed by atoms with Crippen LogP contribution in [0, 0.1) is 5.82 Å². The molecule has 0 unspecified atom stereocenters. The van der Waals surface area contributed by atoms with Gasteiger partial charge in [-0.05, 0) is 48.0 Å². The van der Waals surface area contributed by atoms with Gasteiger partial charge < -0.3 is 10.4 Å². The number of carbonyl (C=O) groups excluding carboxylic acids is 1. The molecule has 4 rings (SSSR count). The Labute approximate surface area is 153 Å². The van der Waals surface area contributed by atoms with Crippen molar-refractivity contribution in [1.82, 2.24) is 19.6 Å². The van der Waals surface area contributed by atoms with Gasteiger partial charge in [-0.2, -0.15) is 0 Å². The Kier molecular flexibility index (Phi) is 4.21. The third-order valence-corrected chi connectivity index (χ3v) is 3.93. The zero-order valence-corrected chi connectivity index (χ0v) is 14.0. The molecule has 4 aromatic rings. The number of aromatic nitrogens is 4. The Morgan fingerprint density at radius 2 is 1.93 bits per heavy atom. The fourth-order valence-corrected chi connectivity index (χ4v) is 2.72. The van der Waals surface area contributed by atoms with Crippen LogP contribution >= 0.6 is 0 Å². The maximum Gasteiger partial charge on any atom is 0.228 e. The Morgan fingerprint density at radius 1 is 1.11 bits per heavy atom. The van der Waals surface area contributed by atoms with Crippen molar-refractivity contribution in [3.8, 4) is 17.1 Å². The summed E-state index contributed by atoms with van der Waals surface area (Å²) in [7, 11) is 0. The second-order valence-electron chi connectivity index (χ2n) is 5.95. The Morgan fingerprint density at radius 3 is 2.70 bits per heavy atom. The zero-order chi connectivity index (χ0) is 18.8. The highest BCUT2D eigenvalue weighted by Gasteiger charge is 2.11. The van der Waals surface area contributed by atoms with Gasteiger partial charge in [-0.15, -0.1) is 10.2 Å². The van der Waals surface area contributed by atoms with Gasteiger partial charge in [0.05, 0.1) is 18.3 Å². The van der Waals surface area contributed by atoms with Gasteiger partial charge in [0.1, 0.15) is 11.6 Å². The molecule has 3 aromatic heterocycles. The maximum atomic E-state index is 13.1. The zero-order valence-electron chi connectivity index (χ0n) is 14.0. The van der Waals surface area contributed by atoms with Crippen LogP contribution in [-0.4, -0.2) is 30.6 Å². The van der Waals surface area contributed by atoms with E-state index in [1.807, 2.05) is 0 Å². The highest BCUT2D eigenvalue weighted by atomic mass is 19.1. The van der Waals surface area contributed by atoms with Crippen molar-refractivity contribution in [2.45, 2.75) is 6.42 Å². The first-order valence-corrected chi connectivity index (χ1v) is 8.12. The van der Waals surface area contributed by atoms with Gasteiger partial charge >= 0.3 is 0 Å². The van der Waals surface area contributed by atoms with Crippen LogP contribution in [0.3, 0.4) is 0 Å². The number of hydrogen-bond donors (Lipinski definition) is 2. The average Bonchev–Trinajstić information content (AvgIpc) is 3.05. The van der Waals surface area contributed by atoms with E-state index < -0.39 is 0 Å². The van der Waals surface area contributed by atoms with Crippen LogP contribution in [0.25, 0.3) is 17.0 Å². The number of nitrogens with one attached hydrogen (secondary N) is 1. The lowest BCUT2D eigenvalue weighted by molar-refractivity contribution is -0.115. The first kappa shape index (κ1) is 16.6. The Bertz CT molecular complexity index is 1120. The molecule has 0 atom stereocenters. The smallest absolute Gasteiger partial charge is 0.228 e. The summed E-state index contributed by atoms with van der Waals surface area (Å²) in [6.45, 7) is 0. The lowest BCUT2D eigenvalue weighted by Crippen LogP contribution is -2.14. The molecule has 8 heteroatoms. The van der Waals surface area contributed by atoms with E-state index in [0.717, 1.165) is 0 Å². The standard InChI is InChI=1S/C19H14FN5O2/c20-14-3-1-13(2-4-14)19-24-23-17-6-5-15(11-25(17)19)22-18(27)8-12-7-16(26)10-21-9-12/h1-7,9-11,26H,8H2,(H,22,27). The molecule has 134 valence electrons. The number of benzene rings is 1. The minimum Gasteiger partial charge on any atom is -0.506 e. The van der Waals surface area contributed by atoms with E-state index in [4.69, 9.17) is 0 Å². The molecule has 0 bridgehead atoms. The van der Waals surface area contributed by atoms with E-state index in [1.165, 1.54) is 30.6 Å². The second-order valence-corrected chi connectivity index (χ2v) is 5.95. The maximum absolute atomic E-state index is 13.1. The van der Waals surface area contributed by atoms with Crippen molar-refractivity contribution in [2.24, 2.45) is 0 Å². The van der Waals surface area contributed by atoms with Crippen LogP contribution in [0.2, 0.25) is 0 Å². The predicted molar refractivity (Wildman–Crippen MR) is 96.6 cm³/mol. The van der Waals surface area contributed by atoms with Crippen LogP contribution in [0.4, 0.5) is 10.1 Å². The molecule has 2 N–H and O–H groups in total. The highest BCUT2D eigenvalue weighted by Crippen LogP contribution is 2.21. The topological polar surface area (TPSA) is 92.4 Å². The van der Waals surface area contributed by atoms with Gasteiger partial charge in [0.2, 0.25) is 5.91 Å². The molecular formula is C19H14FN5O2. The van der Waals surface area contributed by atoms with Gasteiger partial charge in [-0.1, -0.05) is 0 Å². The van der Waals surface area contributed by atoms with Crippen molar-refractivity contribution in [3.05, 3.63) is 72.4 Å². The first-order chi connectivity index (χ1) is 13.1. The largest absolute Gasteiger partial charge is 0.506 e. The number of aromatic hydroxyl groups is 1. The summed E-state index contributed by atoms with van der Waals surface area (Å²) in [5.41, 5.74) is 2.47. The number of fused-ring (bicyclic) bond motifs is 1. The number of nitrogens with zero attached hydrogens (tertiary/aromatic N) is 4. The van der Waals surface area contributed by atoms with Crippen molar-refractivity contribution in [2.75, 3.05) is 5.32 Å². The summed E-state index contributed by atoms with van der Waals surface area (Å²) in [4.78, 5) is 16.1. The molecular weight excluding hydrogens is 349 g/mol. The molecule has 27 heavy (non-hydrogen) atoms. The molecule has 0 aliphatic carbocycles. The molecule has 0 saturated carbocycles. The normalized spacial score (nSPS) is 10.9. The summed E-state index contributed by atoms with van der Waals surface area (Å²) in [5.74, 6) is -0.0338. The molecule has 0 fully saturated rings. The number of anilines is 1. The van der Waals surface area contributed by atoms with Gasteiger partial charge in [0, 0.05) is 18.0 Å². The monoisotopic (exact) mass is 363 g/mol. The molecule has 0 spiro atoms. The highest BCUT2D eigenvalue weighted by molar-refractivity contribution is 5.92. The van der Waals surface area contributed by atoms with E-state index in [-0.39, 0.29) is 23.9 Å². The van der Waals surface area contributed by atoms with Crippen molar-refractivity contribution < 1.29 is 14.3 Å². The van der Waals surface area contributed by atoms with Gasteiger partial charge in [0.25, 0.3) is 0 Å². The third-order valence-electron chi connectivity index (χ3n) is 3.93. The van der Waals surface area contributed by atoms with Crippen molar-refractivity contribution >= 4 is 17.2 Å². The fourth-order valence-electron chi connectivity index (χ4n) is 2.72. The van der Waals surface area contributed by atoms with Crippen molar-refractivity contribution in [3.63, 3.8) is 0 Å². The predicted octanol–water partition coefficient (Wildman–Crippen LogP) is 2.82. The molecule has 7 nitrogen and oxygen atoms in total. The number of amides is 1. The molecule has 1 aromatic carbocycles.